The molecule has 27 heavy (non-hydrogen) atoms. The predicted molar refractivity (Wildman–Crippen MR) is 125 cm³/mol. The van der Waals surface area contributed by atoms with Gasteiger partial charge in [-0.2, -0.15) is 0 Å². The molecule has 0 aromatic rings. The second-order valence-corrected chi connectivity index (χ2v) is 6.78. The summed E-state index contributed by atoms with van der Waals surface area (Å²) in [5, 5.41) is 6.57. The SMILES string of the molecule is CCNC(=NCC(C)N1CCN(CC)CC1)NCCC(=O)N(CC)CC.I. The monoisotopic (exact) mass is 496 g/mol. The number of halogens is 1. The molecule has 1 aliphatic rings. The zero-order chi connectivity index (χ0) is 19.4. The minimum atomic E-state index is 0. The second-order valence-electron chi connectivity index (χ2n) is 6.78. The van der Waals surface area contributed by atoms with Gasteiger partial charge in [0.2, 0.25) is 5.91 Å². The highest BCUT2D eigenvalue weighted by Crippen LogP contribution is 2.06. The first-order valence-corrected chi connectivity index (χ1v) is 10.3. The summed E-state index contributed by atoms with van der Waals surface area (Å²) in [5.41, 5.74) is 0. The Morgan fingerprint density at radius 1 is 1.07 bits per heavy atom. The number of likely N-dealkylation sites (N-methyl/N-ethyl adjacent to an activating group) is 1. The van der Waals surface area contributed by atoms with Gasteiger partial charge in [0.1, 0.15) is 0 Å². The third-order valence-corrected chi connectivity index (χ3v) is 5.08. The molecule has 0 aliphatic carbocycles. The van der Waals surface area contributed by atoms with Crippen LogP contribution < -0.4 is 10.6 Å². The molecule has 2 N–H and O–H groups in total. The molecule has 7 nitrogen and oxygen atoms in total. The van der Waals surface area contributed by atoms with E-state index in [2.05, 4.69) is 41.2 Å². The number of hydrogen-bond acceptors (Lipinski definition) is 4. The van der Waals surface area contributed by atoms with Gasteiger partial charge in [0, 0.05) is 64.8 Å². The number of nitrogens with zero attached hydrogens (tertiary/aromatic N) is 4. The van der Waals surface area contributed by atoms with Crippen molar-refractivity contribution in [2.45, 2.75) is 47.1 Å². The van der Waals surface area contributed by atoms with E-state index >= 15 is 0 Å². The zero-order valence-electron chi connectivity index (χ0n) is 18.0. The van der Waals surface area contributed by atoms with Gasteiger partial charge >= 0.3 is 0 Å². The van der Waals surface area contributed by atoms with Crippen LogP contribution in [0.3, 0.4) is 0 Å². The summed E-state index contributed by atoms with van der Waals surface area (Å²) in [6, 6.07) is 0.432. The Kier molecular flexibility index (Phi) is 15.0. The van der Waals surface area contributed by atoms with Gasteiger partial charge in [-0.15, -0.1) is 24.0 Å². The minimum absolute atomic E-state index is 0. The highest BCUT2D eigenvalue weighted by molar-refractivity contribution is 14.0. The topological polar surface area (TPSA) is 63.2 Å². The summed E-state index contributed by atoms with van der Waals surface area (Å²) in [6.45, 7) is 20.0. The lowest BCUT2D eigenvalue weighted by atomic mass is 10.2. The molecule has 1 aliphatic heterocycles. The van der Waals surface area contributed by atoms with Gasteiger partial charge in [-0.1, -0.05) is 6.92 Å². The van der Waals surface area contributed by atoms with Crippen molar-refractivity contribution >= 4 is 35.8 Å². The van der Waals surface area contributed by atoms with E-state index in [4.69, 9.17) is 4.99 Å². The van der Waals surface area contributed by atoms with E-state index in [0.717, 1.165) is 64.9 Å². The summed E-state index contributed by atoms with van der Waals surface area (Å²) in [7, 11) is 0. The Morgan fingerprint density at radius 3 is 2.22 bits per heavy atom. The van der Waals surface area contributed by atoms with Crippen LogP contribution in [0.25, 0.3) is 0 Å². The summed E-state index contributed by atoms with van der Waals surface area (Å²) in [4.78, 5) is 23.7. The van der Waals surface area contributed by atoms with E-state index in [9.17, 15) is 4.79 Å². The maximum Gasteiger partial charge on any atom is 0.224 e. The van der Waals surface area contributed by atoms with Crippen LogP contribution in [0.1, 0.15) is 41.0 Å². The van der Waals surface area contributed by atoms with Crippen molar-refractivity contribution in [2.24, 2.45) is 4.99 Å². The zero-order valence-corrected chi connectivity index (χ0v) is 20.3. The van der Waals surface area contributed by atoms with Crippen LogP contribution in [-0.4, -0.2) is 98.1 Å². The second kappa shape index (κ2) is 15.3. The van der Waals surface area contributed by atoms with Crippen molar-refractivity contribution in [3.63, 3.8) is 0 Å². The standard InChI is InChI=1S/C19H40N6O.HI/c1-6-20-19(21-11-10-18(26)24(8-3)9-4)22-16-17(5)25-14-12-23(7-2)13-15-25;/h17H,6-16H2,1-5H3,(H2,20,21,22);1H. The highest BCUT2D eigenvalue weighted by atomic mass is 127. The largest absolute Gasteiger partial charge is 0.357 e. The number of hydrogen-bond donors (Lipinski definition) is 2. The molecule has 0 bridgehead atoms. The summed E-state index contributed by atoms with van der Waals surface area (Å²) in [6.07, 6.45) is 0.501. The van der Waals surface area contributed by atoms with Crippen LogP contribution in [0.5, 0.6) is 0 Å². The summed E-state index contributed by atoms with van der Waals surface area (Å²) < 4.78 is 0. The molecule has 0 saturated carbocycles. The van der Waals surface area contributed by atoms with Crippen LogP contribution in [0.4, 0.5) is 0 Å². The van der Waals surface area contributed by atoms with Crippen molar-refractivity contribution in [3.8, 4) is 0 Å². The Bertz CT molecular complexity index is 422. The van der Waals surface area contributed by atoms with Crippen molar-refractivity contribution in [2.75, 3.05) is 65.4 Å². The molecule has 1 heterocycles. The van der Waals surface area contributed by atoms with E-state index in [1.54, 1.807) is 0 Å². The van der Waals surface area contributed by atoms with Crippen LogP contribution in [0, 0.1) is 0 Å². The number of carbonyl (C=O) groups is 1. The first-order chi connectivity index (χ1) is 12.5. The maximum atomic E-state index is 12.1. The molecular weight excluding hydrogens is 455 g/mol. The normalized spacial score (nSPS) is 17.1. The van der Waals surface area contributed by atoms with E-state index in [-0.39, 0.29) is 29.9 Å². The molecule has 0 aromatic carbocycles. The molecule has 0 spiro atoms. The van der Waals surface area contributed by atoms with Gasteiger partial charge in [-0.3, -0.25) is 14.7 Å². The average Bonchev–Trinajstić information content (AvgIpc) is 2.66. The molecule has 1 amide bonds. The Labute approximate surface area is 183 Å². The third kappa shape index (κ3) is 9.94. The van der Waals surface area contributed by atoms with E-state index in [0.29, 0.717) is 19.0 Å². The molecule has 1 rings (SSSR count). The lowest BCUT2D eigenvalue weighted by Gasteiger charge is -2.37. The van der Waals surface area contributed by atoms with E-state index in [1.165, 1.54) is 0 Å². The Balaban J connectivity index is 0.00000676. The lowest BCUT2D eigenvalue weighted by molar-refractivity contribution is -0.130. The van der Waals surface area contributed by atoms with Crippen LogP contribution in [0.2, 0.25) is 0 Å². The Morgan fingerprint density at radius 2 is 1.70 bits per heavy atom. The van der Waals surface area contributed by atoms with Crippen molar-refractivity contribution in [1.82, 2.24) is 25.3 Å². The predicted octanol–water partition coefficient (Wildman–Crippen LogP) is 1.44. The van der Waals surface area contributed by atoms with Gasteiger partial charge in [-0.25, -0.2) is 0 Å². The third-order valence-electron chi connectivity index (χ3n) is 5.08. The summed E-state index contributed by atoms with van der Waals surface area (Å²) in [5.74, 6) is 0.999. The molecule has 1 fully saturated rings. The summed E-state index contributed by atoms with van der Waals surface area (Å²) >= 11 is 0. The molecule has 8 heteroatoms. The first kappa shape index (κ1) is 26.4. The van der Waals surface area contributed by atoms with E-state index in [1.807, 2.05) is 18.7 Å². The van der Waals surface area contributed by atoms with Gasteiger partial charge in [0.25, 0.3) is 0 Å². The Hall–Kier alpha value is -0.610. The van der Waals surface area contributed by atoms with Crippen molar-refractivity contribution in [1.29, 1.82) is 0 Å². The van der Waals surface area contributed by atoms with Crippen molar-refractivity contribution in [3.05, 3.63) is 0 Å². The number of amides is 1. The number of carbonyl (C=O) groups excluding carboxylic acids is 1. The van der Waals surface area contributed by atoms with Gasteiger partial charge in [-0.05, 0) is 34.2 Å². The number of guanidine groups is 1. The van der Waals surface area contributed by atoms with Crippen LogP contribution in [0.15, 0.2) is 4.99 Å². The quantitative estimate of drug-likeness (QED) is 0.272. The van der Waals surface area contributed by atoms with Gasteiger partial charge in [0.05, 0.1) is 6.54 Å². The molecular formula is C19H41IN6O. The van der Waals surface area contributed by atoms with E-state index < -0.39 is 0 Å². The fourth-order valence-corrected chi connectivity index (χ4v) is 3.22. The number of piperazine rings is 1. The first-order valence-electron chi connectivity index (χ1n) is 10.3. The molecule has 1 saturated heterocycles. The number of rotatable bonds is 10. The highest BCUT2D eigenvalue weighted by Gasteiger charge is 2.19. The number of nitrogens with one attached hydrogen (secondary N) is 2. The van der Waals surface area contributed by atoms with Crippen molar-refractivity contribution < 1.29 is 4.79 Å². The fraction of sp³-hybridized carbons (Fsp3) is 0.895. The molecule has 160 valence electrons. The fourth-order valence-electron chi connectivity index (χ4n) is 3.22. The van der Waals surface area contributed by atoms with Crippen LogP contribution in [-0.2, 0) is 4.79 Å². The average molecular weight is 496 g/mol. The lowest BCUT2D eigenvalue weighted by Crippen LogP contribution is -2.50. The molecule has 0 aromatic heterocycles. The van der Waals surface area contributed by atoms with Gasteiger partial charge in [0.15, 0.2) is 5.96 Å². The number of aliphatic imine (C=N–C) groups is 1. The minimum Gasteiger partial charge on any atom is -0.357 e. The van der Waals surface area contributed by atoms with Crippen LogP contribution >= 0.6 is 24.0 Å². The van der Waals surface area contributed by atoms with Gasteiger partial charge < -0.3 is 20.4 Å². The maximum absolute atomic E-state index is 12.1. The molecule has 0 radical (unpaired) electrons. The smallest absolute Gasteiger partial charge is 0.224 e. The molecule has 1 atom stereocenters. The molecule has 1 unspecified atom stereocenters.